The minimum Gasteiger partial charge on any atom is -0.381 e. The first-order valence-corrected chi connectivity index (χ1v) is 16.2. The number of aryl methyl sites for hydroxylation is 1. The predicted molar refractivity (Wildman–Crippen MR) is 151 cm³/mol. The number of sulfone groups is 1. The van der Waals surface area contributed by atoms with Crippen LogP contribution < -0.4 is 0 Å². The van der Waals surface area contributed by atoms with E-state index in [1.807, 2.05) is 19.2 Å². The molecule has 0 radical (unpaired) electrons. The summed E-state index contributed by atoms with van der Waals surface area (Å²) in [6.07, 6.45) is 7.92. The van der Waals surface area contributed by atoms with Crippen molar-refractivity contribution in [3.63, 3.8) is 0 Å². The van der Waals surface area contributed by atoms with Crippen LogP contribution in [0, 0.1) is 5.82 Å². The highest BCUT2D eigenvalue weighted by Gasteiger charge is 2.32. The van der Waals surface area contributed by atoms with Gasteiger partial charge in [-0.2, -0.15) is 0 Å². The summed E-state index contributed by atoms with van der Waals surface area (Å²) in [5, 5.41) is 0. The van der Waals surface area contributed by atoms with Gasteiger partial charge in [0.25, 0.3) is 0 Å². The lowest BCUT2D eigenvalue weighted by Crippen LogP contribution is -2.50. The number of benzene rings is 2. The van der Waals surface area contributed by atoms with Gasteiger partial charge >= 0.3 is 0 Å². The van der Waals surface area contributed by atoms with E-state index in [-0.39, 0.29) is 16.6 Å². The van der Waals surface area contributed by atoms with Crippen LogP contribution in [0.5, 0.6) is 0 Å². The molecular weight excluding hydrogens is 515 g/mol. The third-order valence-corrected chi connectivity index (χ3v) is 10.4. The monoisotopic (exact) mass is 554 g/mol. The molecule has 3 saturated heterocycles. The van der Waals surface area contributed by atoms with Crippen LogP contribution in [0.25, 0.3) is 22.4 Å². The summed E-state index contributed by atoms with van der Waals surface area (Å²) in [6.45, 7) is 6.21. The summed E-state index contributed by atoms with van der Waals surface area (Å²) in [6, 6.07) is 11.8. The molecule has 39 heavy (non-hydrogen) atoms. The van der Waals surface area contributed by atoms with Crippen molar-refractivity contribution in [3.8, 4) is 11.4 Å². The quantitative estimate of drug-likeness (QED) is 0.459. The van der Waals surface area contributed by atoms with Crippen LogP contribution in [0.3, 0.4) is 0 Å². The molecule has 0 amide bonds. The van der Waals surface area contributed by atoms with Gasteiger partial charge in [0.05, 0.1) is 10.4 Å². The van der Waals surface area contributed by atoms with Crippen LogP contribution >= 0.6 is 0 Å². The number of aromatic nitrogens is 2. The zero-order valence-electron chi connectivity index (χ0n) is 23.0. The standard InChI is InChI=1S/C30H39FN4O3S/c1-33-29-27(32-30(33)22-3-5-25(6-4-22)39(2,36)37)8-7-26(28(29)31)21-9-15-34(16-10-21)23-11-17-35(18-12-23)24-13-19-38-20-14-24/h3-8,21,23-24H,9-20H2,1-2H3. The third kappa shape index (κ3) is 5.38. The molecule has 1 aromatic heterocycles. The largest absolute Gasteiger partial charge is 0.381 e. The number of likely N-dealkylation sites (tertiary alicyclic amines) is 2. The molecule has 0 N–H and O–H groups in total. The Kier molecular flexibility index (Phi) is 7.52. The number of rotatable bonds is 5. The first-order valence-electron chi connectivity index (χ1n) is 14.3. The summed E-state index contributed by atoms with van der Waals surface area (Å²) in [7, 11) is -1.45. The van der Waals surface area contributed by atoms with Gasteiger partial charge < -0.3 is 19.1 Å². The van der Waals surface area contributed by atoms with Crippen LogP contribution in [-0.4, -0.2) is 85.5 Å². The van der Waals surface area contributed by atoms with Gasteiger partial charge in [-0.05, 0) is 107 Å². The molecule has 3 fully saturated rings. The zero-order chi connectivity index (χ0) is 27.1. The van der Waals surface area contributed by atoms with Crippen molar-refractivity contribution in [1.29, 1.82) is 0 Å². The average Bonchev–Trinajstić information content (AvgIpc) is 3.30. The van der Waals surface area contributed by atoms with Crippen LogP contribution in [0.4, 0.5) is 4.39 Å². The van der Waals surface area contributed by atoms with E-state index in [0.717, 1.165) is 50.3 Å². The Morgan fingerprint density at radius 2 is 1.44 bits per heavy atom. The molecule has 9 heteroatoms. The van der Waals surface area contributed by atoms with Gasteiger partial charge in [-0.25, -0.2) is 17.8 Å². The summed E-state index contributed by atoms with van der Waals surface area (Å²) < 4.78 is 47.0. The molecule has 0 saturated carbocycles. The second-order valence-corrected chi connectivity index (χ2v) is 13.6. The molecule has 7 nitrogen and oxygen atoms in total. The molecule has 2 aromatic carbocycles. The smallest absolute Gasteiger partial charge is 0.175 e. The normalized spacial score (nSPS) is 21.6. The van der Waals surface area contributed by atoms with E-state index in [4.69, 9.17) is 4.74 Å². The number of hydrogen-bond acceptors (Lipinski definition) is 6. The van der Waals surface area contributed by atoms with Crippen LogP contribution in [0.15, 0.2) is 41.3 Å². The van der Waals surface area contributed by atoms with Crippen LogP contribution in [0.1, 0.15) is 50.0 Å². The number of fused-ring (bicyclic) bond motifs is 1. The Bertz CT molecular complexity index is 1420. The van der Waals surface area contributed by atoms with Crippen molar-refractivity contribution in [2.75, 3.05) is 45.6 Å². The maximum Gasteiger partial charge on any atom is 0.175 e. The minimum absolute atomic E-state index is 0.176. The lowest BCUT2D eigenvalue weighted by atomic mass is 9.87. The highest BCUT2D eigenvalue weighted by atomic mass is 32.2. The van der Waals surface area contributed by atoms with E-state index in [0.29, 0.717) is 28.9 Å². The van der Waals surface area contributed by atoms with E-state index >= 15 is 4.39 Å². The molecule has 0 bridgehead atoms. The fraction of sp³-hybridized carbons (Fsp3) is 0.567. The molecule has 0 aliphatic carbocycles. The number of nitrogens with zero attached hydrogens (tertiary/aromatic N) is 4. The van der Waals surface area contributed by atoms with Crippen molar-refractivity contribution in [2.45, 2.75) is 61.4 Å². The predicted octanol–water partition coefficient (Wildman–Crippen LogP) is 4.61. The topological polar surface area (TPSA) is 67.7 Å². The summed E-state index contributed by atoms with van der Waals surface area (Å²) in [4.78, 5) is 10.3. The van der Waals surface area contributed by atoms with Crippen molar-refractivity contribution in [2.24, 2.45) is 7.05 Å². The van der Waals surface area contributed by atoms with Crippen molar-refractivity contribution in [3.05, 3.63) is 47.8 Å². The van der Waals surface area contributed by atoms with E-state index in [9.17, 15) is 8.42 Å². The maximum absolute atomic E-state index is 16.0. The van der Waals surface area contributed by atoms with Gasteiger partial charge in [0.15, 0.2) is 15.7 Å². The Labute approximate surface area is 230 Å². The number of ether oxygens (including phenoxy) is 1. The van der Waals surface area contributed by atoms with Gasteiger partial charge in [-0.3, -0.25) is 0 Å². The van der Waals surface area contributed by atoms with Gasteiger partial charge in [0.1, 0.15) is 11.3 Å². The van der Waals surface area contributed by atoms with E-state index in [1.165, 1.54) is 45.0 Å². The molecule has 0 atom stereocenters. The van der Waals surface area contributed by atoms with Gasteiger partial charge in [0, 0.05) is 44.2 Å². The lowest BCUT2D eigenvalue weighted by Gasteiger charge is -2.44. The molecular formula is C30H39FN4O3S. The van der Waals surface area contributed by atoms with Gasteiger partial charge in [-0.1, -0.05) is 6.07 Å². The number of halogens is 1. The lowest BCUT2D eigenvalue weighted by molar-refractivity contribution is 0.0104. The number of piperidine rings is 2. The number of hydrogen-bond donors (Lipinski definition) is 0. The molecule has 210 valence electrons. The average molecular weight is 555 g/mol. The summed E-state index contributed by atoms with van der Waals surface area (Å²) in [5.74, 6) is 0.660. The first kappa shape index (κ1) is 26.9. The maximum atomic E-state index is 16.0. The van der Waals surface area contributed by atoms with Crippen LogP contribution in [0.2, 0.25) is 0 Å². The molecule has 6 rings (SSSR count). The van der Waals surface area contributed by atoms with Crippen molar-refractivity contribution in [1.82, 2.24) is 19.4 Å². The fourth-order valence-electron chi connectivity index (χ4n) is 6.94. The van der Waals surface area contributed by atoms with Gasteiger partial charge in [-0.15, -0.1) is 0 Å². The Morgan fingerprint density at radius 3 is 2.05 bits per heavy atom. The highest BCUT2D eigenvalue weighted by molar-refractivity contribution is 7.90. The Hall–Kier alpha value is -2.33. The fourth-order valence-corrected chi connectivity index (χ4v) is 7.57. The highest BCUT2D eigenvalue weighted by Crippen LogP contribution is 2.36. The SMILES string of the molecule is Cn1c(-c2ccc(S(C)(=O)=O)cc2)nc2ccc(C3CCN(C4CCN(C5CCOCC5)CC4)CC3)c(F)c21. The summed E-state index contributed by atoms with van der Waals surface area (Å²) >= 11 is 0. The molecule has 0 spiro atoms. The second-order valence-electron chi connectivity index (χ2n) is 11.5. The second kappa shape index (κ2) is 10.9. The van der Waals surface area contributed by atoms with E-state index in [1.54, 1.807) is 28.8 Å². The molecule has 4 heterocycles. The molecule has 3 aliphatic heterocycles. The molecule has 0 unspecified atom stereocenters. The van der Waals surface area contributed by atoms with E-state index in [2.05, 4.69) is 14.8 Å². The van der Waals surface area contributed by atoms with Gasteiger partial charge in [0.2, 0.25) is 0 Å². The zero-order valence-corrected chi connectivity index (χ0v) is 23.8. The molecule has 3 aliphatic rings. The summed E-state index contributed by atoms with van der Waals surface area (Å²) in [5.41, 5.74) is 2.68. The molecule has 3 aromatic rings. The Morgan fingerprint density at radius 1 is 0.846 bits per heavy atom. The van der Waals surface area contributed by atoms with Crippen LogP contribution in [-0.2, 0) is 21.6 Å². The van der Waals surface area contributed by atoms with Crippen molar-refractivity contribution < 1.29 is 17.5 Å². The first-order chi connectivity index (χ1) is 18.8. The third-order valence-electron chi connectivity index (χ3n) is 9.24. The van der Waals surface area contributed by atoms with Crippen molar-refractivity contribution >= 4 is 20.9 Å². The van der Waals surface area contributed by atoms with E-state index < -0.39 is 9.84 Å². The number of imidazole rings is 1. The minimum atomic E-state index is -3.28. The Balaban J connectivity index is 1.12.